The van der Waals surface area contributed by atoms with Crippen molar-refractivity contribution in [2.75, 3.05) is 0 Å². The van der Waals surface area contributed by atoms with Crippen LogP contribution >= 0.6 is 0 Å². The van der Waals surface area contributed by atoms with Crippen LogP contribution in [0.1, 0.15) is 72.6 Å². The number of hydrogen-bond donors (Lipinski definition) is 2. The van der Waals surface area contributed by atoms with Crippen LogP contribution in [0.2, 0.25) is 0 Å². The van der Waals surface area contributed by atoms with Gasteiger partial charge in [0.05, 0.1) is 11.7 Å². The third kappa shape index (κ3) is 2.15. The first-order chi connectivity index (χ1) is 12.0. The predicted octanol–water partition coefficient (Wildman–Crippen LogP) is 3.14. The van der Waals surface area contributed by atoms with Gasteiger partial charge in [0.2, 0.25) is 0 Å². The topological polar surface area (TPSA) is 74.6 Å². The number of Topliss-reactive ketones (excluding diaryl/α,β-unsaturated/α-hetero) is 2. The van der Waals surface area contributed by atoms with E-state index in [4.69, 9.17) is 0 Å². The van der Waals surface area contributed by atoms with Gasteiger partial charge in [-0.15, -0.1) is 0 Å². The minimum absolute atomic E-state index is 0.0283. The lowest BCUT2D eigenvalue weighted by atomic mass is 9.40. The second-order valence-corrected chi connectivity index (χ2v) is 10.5. The fourth-order valence-electron chi connectivity index (χ4n) is 8.25. The summed E-state index contributed by atoms with van der Waals surface area (Å²) in [6, 6.07) is 0. The smallest absolute Gasteiger partial charge is 0.135 e. The molecule has 4 rings (SSSR count). The molecule has 4 saturated carbocycles. The third-order valence-corrected chi connectivity index (χ3v) is 9.50. The summed E-state index contributed by atoms with van der Waals surface area (Å²) in [4.78, 5) is 24.4. The molecule has 0 aromatic carbocycles. The molecule has 4 aliphatic carbocycles. The lowest BCUT2D eigenvalue weighted by molar-refractivity contribution is -0.250. The van der Waals surface area contributed by atoms with Crippen LogP contribution in [0.15, 0.2) is 0 Å². The Bertz CT molecular complexity index is 644. The zero-order chi connectivity index (χ0) is 19.1. The monoisotopic (exact) mass is 362 g/mol. The first kappa shape index (κ1) is 18.6. The van der Waals surface area contributed by atoms with Crippen LogP contribution in [0.5, 0.6) is 0 Å². The summed E-state index contributed by atoms with van der Waals surface area (Å²) in [7, 11) is 0. The molecule has 26 heavy (non-hydrogen) atoms. The minimum atomic E-state index is -1.00. The molecule has 0 aromatic heterocycles. The van der Waals surface area contributed by atoms with Crippen molar-refractivity contribution in [1.29, 1.82) is 0 Å². The van der Waals surface area contributed by atoms with Gasteiger partial charge < -0.3 is 10.2 Å². The number of fused-ring (bicyclic) bond motifs is 5. The second kappa shape index (κ2) is 5.64. The SMILES string of the molecule is CC(=O)[C@H]1CC[C@H]2[C@@H]3C[C@@H](C)[C@@]4(O)CC(=O)CC[C@]4(C)[C@H]3[C@@H](O)C[C@]12C. The molecule has 0 radical (unpaired) electrons. The van der Waals surface area contributed by atoms with E-state index in [9.17, 15) is 19.8 Å². The van der Waals surface area contributed by atoms with E-state index >= 15 is 0 Å². The van der Waals surface area contributed by atoms with Crippen molar-refractivity contribution >= 4 is 11.6 Å². The molecule has 0 unspecified atom stereocenters. The van der Waals surface area contributed by atoms with Gasteiger partial charge in [0.25, 0.3) is 0 Å². The van der Waals surface area contributed by atoms with E-state index in [0.29, 0.717) is 31.1 Å². The van der Waals surface area contributed by atoms with E-state index in [2.05, 4.69) is 20.8 Å². The van der Waals surface area contributed by atoms with Gasteiger partial charge in [0.1, 0.15) is 11.6 Å². The molecule has 0 bridgehead atoms. The van der Waals surface area contributed by atoms with Crippen LogP contribution in [0, 0.1) is 40.4 Å². The van der Waals surface area contributed by atoms with Crippen molar-refractivity contribution in [3.63, 3.8) is 0 Å². The minimum Gasteiger partial charge on any atom is -0.393 e. The number of aliphatic hydroxyl groups excluding tert-OH is 1. The van der Waals surface area contributed by atoms with E-state index < -0.39 is 17.1 Å². The highest BCUT2D eigenvalue weighted by atomic mass is 16.3. The summed E-state index contributed by atoms with van der Waals surface area (Å²) < 4.78 is 0. The number of hydrogen-bond acceptors (Lipinski definition) is 4. The van der Waals surface area contributed by atoms with Gasteiger partial charge in [-0.25, -0.2) is 0 Å². The quantitative estimate of drug-likeness (QED) is 0.751. The summed E-state index contributed by atoms with van der Waals surface area (Å²) in [5.74, 6) is 1.32. The maximum absolute atomic E-state index is 12.3. The van der Waals surface area contributed by atoms with Gasteiger partial charge in [-0.2, -0.15) is 0 Å². The number of aliphatic hydroxyl groups is 2. The second-order valence-electron chi connectivity index (χ2n) is 10.5. The Balaban J connectivity index is 1.76. The van der Waals surface area contributed by atoms with Crippen molar-refractivity contribution in [3.05, 3.63) is 0 Å². The van der Waals surface area contributed by atoms with Crippen LogP contribution in [-0.2, 0) is 9.59 Å². The number of carbonyl (C=O) groups excluding carboxylic acids is 2. The molecular formula is C22H34O4. The summed E-state index contributed by atoms with van der Waals surface area (Å²) in [6.45, 7) is 8.13. The van der Waals surface area contributed by atoms with E-state index in [-0.39, 0.29) is 41.2 Å². The molecule has 4 nitrogen and oxygen atoms in total. The van der Waals surface area contributed by atoms with Crippen LogP contribution < -0.4 is 0 Å². The highest BCUT2D eigenvalue weighted by Crippen LogP contribution is 2.69. The standard InChI is InChI=1S/C22H34O4/c1-12-9-15-17-6-5-16(13(2)23)20(17,3)11-18(25)19(15)21(4)8-7-14(24)10-22(12,21)26/h12,15-19,25-26H,5-11H2,1-4H3/t12-,15+,16-,17+,18+,19-,20-,21-,22+/m1/s1. The van der Waals surface area contributed by atoms with Crippen LogP contribution in [-0.4, -0.2) is 33.5 Å². The summed E-state index contributed by atoms with van der Waals surface area (Å²) in [5.41, 5.74) is -1.54. The Labute approximate surface area is 156 Å². The molecule has 0 aliphatic heterocycles. The van der Waals surface area contributed by atoms with E-state index in [1.54, 1.807) is 6.92 Å². The predicted molar refractivity (Wildman–Crippen MR) is 98.3 cm³/mol. The van der Waals surface area contributed by atoms with Crippen molar-refractivity contribution in [1.82, 2.24) is 0 Å². The van der Waals surface area contributed by atoms with Crippen molar-refractivity contribution in [2.45, 2.75) is 84.3 Å². The number of ketones is 2. The average molecular weight is 363 g/mol. The summed E-state index contributed by atoms with van der Waals surface area (Å²) in [5, 5.41) is 22.9. The summed E-state index contributed by atoms with van der Waals surface area (Å²) in [6.07, 6.45) is 4.40. The van der Waals surface area contributed by atoms with Gasteiger partial charge in [0, 0.05) is 24.2 Å². The van der Waals surface area contributed by atoms with Gasteiger partial charge in [-0.3, -0.25) is 9.59 Å². The lowest BCUT2D eigenvalue weighted by Crippen LogP contribution is -2.68. The van der Waals surface area contributed by atoms with Gasteiger partial charge in [0.15, 0.2) is 0 Å². The molecule has 4 aliphatic rings. The number of rotatable bonds is 1. The van der Waals surface area contributed by atoms with Crippen molar-refractivity contribution < 1.29 is 19.8 Å². The number of carbonyl (C=O) groups is 2. The van der Waals surface area contributed by atoms with E-state index in [0.717, 1.165) is 19.3 Å². The molecule has 146 valence electrons. The lowest BCUT2D eigenvalue weighted by Gasteiger charge is -2.66. The largest absolute Gasteiger partial charge is 0.393 e. The molecule has 0 amide bonds. The Morgan fingerprint density at radius 2 is 1.92 bits per heavy atom. The molecule has 4 fully saturated rings. The Kier molecular flexibility index (Phi) is 4.03. The molecule has 0 aromatic rings. The normalized spacial score (nSPS) is 56.5. The fourth-order valence-corrected chi connectivity index (χ4v) is 8.25. The van der Waals surface area contributed by atoms with Crippen molar-refractivity contribution in [2.24, 2.45) is 40.4 Å². The van der Waals surface area contributed by atoms with Crippen LogP contribution in [0.4, 0.5) is 0 Å². The average Bonchev–Trinajstić information content (AvgIpc) is 2.87. The molecule has 4 heteroatoms. The Morgan fingerprint density at radius 3 is 2.58 bits per heavy atom. The Hall–Kier alpha value is -0.740. The molecule has 2 N–H and O–H groups in total. The maximum Gasteiger partial charge on any atom is 0.135 e. The van der Waals surface area contributed by atoms with E-state index in [1.165, 1.54) is 0 Å². The Morgan fingerprint density at radius 1 is 1.23 bits per heavy atom. The first-order valence-electron chi connectivity index (χ1n) is 10.5. The molecular weight excluding hydrogens is 328 g/mol. The first-order valence-corrected chi connectivity index (χ1v) is 10.5. The van der Waals surface area contributed by atoms with Crippen molar-refractivity contribution in [3.8, 4) is 0 Å². The van der Waals surface area contributed by atoms with Gasteiger partial charge in [-0.05, 0) is 68.1 Å². The molecule has 0 heterocycles. The van der Waals surface area contributed by atoms with Crippen LogP contribution in [0.3, 0.4) is 0 Å². The summed E-state index contributed by atoms with van der Waals surface area (Å²) >= 11 is 0. The highest BCUT2D eigenvalue weighted by Gasteiger charge is 2.69. The third-order valence-electron chi connectivity index (χ3n) is 9.50. The van der Waals surface area contributed by atoms with Crippen LogP contribution in [0.25, 0.3) is 0 Å². The zero-order valence-corrected chi connectivity index (χ0v) is 16.6. The van der Waals surface area contributed by atoms with E-state index in [1.807, 2.05) is 0 Å². The highest BCUT2D eigenvalue weighted by molar-refractivity contribution is 5.81. The molecule has 0 saturated heterocycles. The van der Waals surface area contributed by atoms with Gasteiger partial charge in [-0.1, -0.05) is 20.8 Å². The maximum atomic E-state index is 12.3. The molecule has 0 spiro atoms. The fraction of sp³-hybridized carbons (Fsp3) is 0.909. The molecule has 9 atom stereocenters. The van der Waals surface area contributed by atoms with Gasteiger partial charge >= 0.3 is 0 Å². The zero-order valence-electron chi connectivity index (χ0n) is 16.6.